The highest BCUT2D eigenvalue weighted by molar-refractivity contribution is 5.14. The van der Waals surface area contributed by atoms with Crippen LogP contribution in [0.1, 0.15) is 24.1 Å². The van der Waals surface area contributed by atoms with Gasteiger partial charge in [-0.1, -0.05) is 0 Å². The van der Waals surface area contributed by atoms with Crippen molar-refractivity contribution in [2.24, 2.45) is 0 Å². The van der Waals surface area contributed by atoms with Gasteiger partial charge in [0.15, 0.2) is 0 Å². The summed E-state index contributed by atoms with van der Waals surface area (Å²) in [5.74, 6) is 0. The SMILES string of the molecule is CNC1CCN(Cc2cn[nH]c2C)CC1. The van der Waals surface area contributed by atoms with Gasteiger partial charge in [-0.3, -0.25) is 10.00 Å². The van der Waals surface area contributed by atoms with E-state index in [9.17, 15) is 0 Å². The Hall–Kier alpha value is -0.870. The first-order chi connectivity index (χ1) is 7.29. The third kappa shape index (κ3) is 2.58. The Morgan fingerprint density at radius 2 is 2.27 bits per heavy atom. The fourth-order valence-electron chi connectivity index (χ4n) is 2.16. The molecule has 1 aromatic rings. The first kappa shape index (κ1) is 10.6. The summed E-state index contributed by atoms with van der Waals surface area (Å²) in [6, 6.07) is 0.715. The number of aryl methyl sites for hydroxylation is 1. The fraction of sp³-hybridized carbons (Fsp3) is 0.727. The third-order valence-electron chi connectivity index (χ3n) is 3.32. The molecule has 0 unspecified atom stereocenters. The molecule has 2 heterocycles. The highest BCUT2D eigenvalue weighted by Crippen LogP contribution is 2.14. The number of hydrogen-bond acceptors (Lipinski definition) is 3. The molecule has 0 radical (unpaired) electrons. The Morgan fingerprint density at radius 1 is 1.53 bits per heavy atom. The first-order valence-corrected chi connectivity index (χ1v) is 5.68. The predicted molar refractivity (Wildman–Crippen MR) is 60.7 cm³/mol. The molecule has 2 rings (SSSR count). The van der Waals surface area contributed by atoms with Crippen LogP contribution >= 0.6 is 0 Å². The molecule has 4 nitrogen and oxygen atoms in total. The van der Waals surface area contributed by atoms with Gasteiger partial charge in [0, 0.05) is 23.8 Å². The van der Waals surface area contributed by atoms with Crippen LogP contribution in [0.2, 0.25) is 0 Å². The number of likely N-dealkylation sites (tertiary alicyclic amines) is 1. The summed E-state index contributed by atoms with van der Waals surface area (Å²) in [5.41, 5.74) is 2.53. The minimum absolute atomic E-state index is 0.715. The van der Waals surface area contributed by atoms with Crippen LogP contribution < -0.4 is 5.32 Å². The third-order valence-corrected chi connectivity index (χ3v) is 3.32. The lowest BCUT2D eigenvalue weighted by Gasteiger charge is -2.31. The lowest BCUT2D eigenvalue weighted by Crippen LogP contribution is -2.40. The number of hydrogen-bond donors (Lipinski definition) is 2. The zero-order valence-electron chi connectivity index (χ0n) is 9.58. The van der Waals surface area contributed by atoms with Crippen LogP contribution in [-0.2, 0) is 6.54 Å². The van der Waals surface area contributed by atoms with Crippen molar-refractivity contribution in [2.75, 3.05) is 20.1 Å². The monoisotopic (exact) mass is 208 g/mol. The number of piperidine rings is 1. The Labute approximate surface area is 91.1 Å². The van der Waals surface area contributed by atoms with E-state index in [0.717, 1.165) is 6.54 Å². The van der Waals surface area contributed by atoms with Gasteiger partial charge in [-0.2, -0.15) is 5.10 Å². The standard InChI is InChI=1S/C11H20N4/c1-9-10(7-13-14-9)8-15-5-3-11(12-2)4-6-15/h7,11-12H,3-6,8H2,1-2H3,(H,13,14). The van der Waals surface area contributed by atoms with Crippen molar-refractivity contribution in [3.05, 3.63) is 17.5 Å². The van der Waals surface area contributed by atoms with Crippen LogP contribution in [0.3, 0.4) is 0 Å². The molecule has 15 heavy (non-hydrogen) atoms. The smallest absolute Gasteiger partial charge is 0.0535 e. The highest BCUT2D eigenvalue weighted by Gasteiger charge is 2.18. The molecule has 0 saturated carbocycles. The molecule has 1 aliphatic heterocycles. The van der Waals surface area contributed by atoms with E-state index in [2.05, 4.69) is 34.4 Å². The maximum absolute atomic E-state index is 4.05. The van der Waals surface area contributed by atoms with Gasteiger partial charge in [0.1, 0.15) is 0 Å². The number of aromatic nitrogens is 2. The lowest BCUT2D eigenvalue weighted by atomic mass is 10.0. The van der Waals surface area contributed by atoms with Crippen molar-refractivity contribution >= 4 is 0 Å². The van der Waals surface area contributed by atoms with Crippen molar-refractivity contribution in [1.29, 1.82) is 0 Å². The van der Waals surface area contributed by atoms with Gasteiger partial charge in [-0.25, -0.2) is 0 Å². The van der Waals surface area contributed by atoms with Crippen LogP contribution in [0.25, 0.3) is 0 Å². The van der Waals surface area contributed by atoms with E-state index in [0.29, 0.717) is 6.04 Å². The second kappa shape index (κ2) is 4.77. The summed E-state index contributed by atoms with van der Waals surface area (Å²) in [5, 5.41) is 10.4. The summed E-state index contributed by atoms with van der Waals surface area (Å²) < 4.78 is 0. The van der Waals surface area contributed by atoms with E-state index < -0.39 is 0 Å². The minimum Gasteiger partial charge on any atom is -0.317 e. The van der Waals surface area contributed by atoms with E-state index in [-0.39, 0.29) is 0 Å². The zero-order valence-corrected chi connectivity index (χ0v) is 9.58. The van der Waals surface area contributed by atoms with Gasteiger partial charge in [-0.05, 0) is 39.9 Å². The molecule has 0 amide bonds. The maximum atomic E-state index is 4.05. The van der Waals surface area contributed by atoms with Crippen LogP contribution in [0.4, 0.5) is 0 Å². The number of nitrogens with zero attached hydrogens (tertiary/aromatic N) is 2. The average molecular weight is 208 g/mol. The maximum Gasteiger partial charge on any atom is 0.0535 e. The normalized spacial score (nSPS) is 19.6. The van der Waals surface area contributed by atoms with Gasteiger partial charge in [0.2, 0.25) is 0 Å². The highest BCUT2D eigenvalue weighted by atomic mass is 15.2. The molecule has 1 fully saturated rings. The molecule has 1 aliphatic rings. The summed E-state index contributed by atoms with van der Waals surface area (Å²) in [6.07, 6.45) is 4.46. The van der Waals surface area contributed by atoms with Crippen molar-refractivity contribution in [2.45, 2.75) is 32.4 Å². The molecular formula is C11H20N4. The fourth-order valence-corrected chi connectivity index (χ4v) is 2.16. The number of aromatic amines is 1. The molecule has 0 aliphatic carbocycles. The molecule has 0 bridgehead atoms. The van der Waals surface area contributed by atoms with Gasteiger partial charge < -0.3 is 5.32 Å². The number of rotatable bonds is 3. The predicted octanol–water partition coefficient (Wildman–Crippen LogP) is 0.902. The Balaban J connectivity index is 1.85. The van der Waals surface area contributed by atoms with Crippen LogP contribution in [0.5, 0.6) is 0 Å². The topological polar surface area (TPSA) is 44.0 Å². The van der Waals surface area contributed by atoms with Gasteiger partial charge in [0.25, 0.3) is 0 Å². The number of nitrogens with one attached hydrogen (secondary N) is 2. The minimum atomic E-state index is 0.715. The molecule has 0 spiro atoms. The molecule has 0 aromatic carbocycles. The summed E-state index contributed by atoms with van der Waals surface area (Å²) in [4.78, 5) is 2.51. The summed E-state index contributed by atoms with van der Waals surface area (Å²) in [7, 11) is 2.06. The Kier molecular flexibility index (Phi) is 3.38. The van der Waals surface area contributed by atoms with Gasteiger partial charge >= 0.3 is 0 Å². The van der Waals surface area contributed by atoms with E-state index >= 15 is 0 Å². The quantitative estimate of drug-likeness (QED) is 0.775. The Morgan fingerprint density at radius 3 is 2.80 bits per heavy atom. The molecule has 1 aromatic heterocycles. The molecule has 4 heteroatoms. The molecule has 1 saturated heterocycles. The second-order valence-electron chi connectivity index (χ2n) is 4.36. The number of H-pyrrole nitrogens is 1. The first-order valence-electron chi connectivity index (χ1n) is 5.68. The zero-order chi connectivity index (χ0) is 10.7. The largest absolute Gasteiger partial charge is 0.317 e. The molecule has 84 valence electrons. The van der Waals surface area contributed by atoms with Crippen LogP contribution in [-0.4, -0.2) is 41.3 Å². The molecule has 0 atom stereocenters. The summed E-state index contributed by atoms with van der Waals surface area (Å²) >= 11 is 0. The van der Waals surface area contributed by atoms with Crippen molar-refractivity contribution in [3.8, 4) is 0 Å². The average Bonchev–Trinajstić information content (AvgIpc) is 2.66. The van der Waals surface area contributed by atoms with E-state index in [1.165, 1.54) is 37.2 Å². The molecular weight excluding hydrogens is 188 g/mol. The van der Waals surface area contributed by atoms with E-state index in [4.69, 9.17) is 0 Å². The van der Waals surface area contributed by atoms with Crippen molar-refractivity contribution in [1.82, 2.24) is 20.4 Å². The van der Waals surface area contributed by atoms with E-state index in [1.54, 1.807) is 0 Å². The molecule has 2 N–H and O–H groups in total. The van der Waals surface area contributed by atoms with Crippen LogP contribution in [0.15, 0.2) is 6.20 Å². The van der Waals surface area contributed by atoms with E-state index in [1.807, 2.05) is 6.20 Å². The second-order valence-corrected chi connectivity index (χ2v) is 4.36. The van der Waals surface area contributed by atoms with Gasteiger partial charge in [0.05, 0.1) is 6.20 Å². The Bertz CT molecular complexity index is 299. The van der Waals surface area contributed by atoms with Crippen molar-refractivity contribution < 1.29 is 0 Å². The van der Waals surface area contributed by atoms with Crippen molar-refractivity contribution in [3.63, 3.8) is 0 Å². The van der Waals surface area contributed by atoms with Gasteiger partial charge in [-0.15, -0.1) is 0 Å². The van der Waals surface area contributed by atoms with Crippen LogP contribution in [0, 0.1) is 6.92 Å². The lowest BCUT2D eigenvalue weighted by molar-refractivity contribution is 0.194. The summed E-state index contributed by atoms with van der Waals surface area (Å²) in [6.45, 7) is 5.51.